The summed E-state index contributed by atoms with van der Waals surface area (Å²) in [5, 5.41) is 7.15. The van der Waals surface area contributed by atoms with Crippen LogP contribution in [0.2, 0.25) is 0 Å². The normalized spacial score (nSPS) is 12.1. The summed E-state index contributed by atoms with van der Waals surface area (Å²) in [5.41, 5.74) is 1.29. The number of alkyl halides is 3. The second-order valence-electron chi connectivity index (χ2n) is 6.10. The van der Waals surface area contributed by atoms with Crippen molar-refractivity contribution in [1.82, 2.24) is 14.8 Å². The Morgan fingerprint density at radius 2 is 2.04 bits per heavy atom. The van der Waals surface area contributed by atoms with E-state index in [0.717, 1.165) is 5.69 Å². The highest BCUT2D eigenvalue weighted by atomic mass is 35.6. The molecule has 0 aliphatic carbocycles. The Hall–Kier alpha value is -1.50. The van der Waals surface area contributed by atoms with Crippen molar-refractivity contribution < 1.29 is 9.53 Å². The third-order valence-corrected chi connectivity index (χ3v) is 3.29. The summed E-state index contributed by atoms with van der Waals surface area (Å²) >= 11 is 16.7. The maximum Gasteiger partial charge on any atom is 0.412 e. The van der Waals surface area contributed by atoms with Gasteiger partial charge in [-0.2, -0.15) is 5.10 Å². The number of halogens is 3. The first kappa shape index (κ1) is 18.8. The molecule has 0 unspecified atom stereocenters. The van der Waals surface area contributed by atoms with Crippen LogP contribution in [-0.4, -0.2) is 31.3 Å². The van der Waals surface area contributed by atoms with Gasteiger partial charge in [0.05, 0.1) is 17.6 Å². The second kappa shape index (κ2) is 7.17. The molecule has 1 N–H and O–H groups in total. The fraction of sp³-hybridized carbons (Fsp3) is 0.400. The highest BCUT2D eigenvalue weighted by Gasteiger charge is 2.24. The van der Waals surface area contributed by atoms with E-state index in [1.165, 1.54) is 0 Å². The van der Waals surface area contributed by atoms with Crippen LogP contribution in [0.5, 0.6) is 0 Å². The Bertz CT molecular complexity index is 706. The van der Waals surface area contributed by atoms with Gasteiger partial charge in [0.1, 0.15) is 12.4 Å². The van der Waals surface area contributed by atoms with Crippen LogP contribution in [0.15, 0.2) is 30.6 Å². The number of carbonyl (C=O) groups excluding carboxylic acids is 1. The van der Waals surface area contributed by atoms with Crippen molar-refractivity contribution in [3.05, 3.63) is 36.3 Å². The molecule has 0 atom stereocenters. The minimum atomic E-state index is -1.67. The van der Waals surface area contributed by atoms with Gasteiger partial charge in [-0.25, -0.2) is 9.48 Å². The minimum Gasteiger partial charge on any atom is -0.445 e. The number of pyridine rings is 1. The SMILES string of the molecule is CC(C)(C)c1cc(NC(=O)OCC(Cl)(Cl)Cl)n(-c2cccnc2)n1. The zero-order valence-corrected chi connectivity index (χ0v) is 15.7. The summed E-state index contributed by atoms with van der Waals surface area (Å²) in [6.07, 6.45) is 2.55. The van der Waals surface area contributed by atoms with Gasteiger partial charge in [0.2, 0.25) is 3.79 Å². The molecule has 2 heterocycles. The molecule has 2 rings (SSSR count). The van der Waals surface area contributed by atoms with Crippen molar-refractivity contribution in [1.29, 1.82) is 0 Å². The van der Waals surface area contributed by atoms with E-state index < -0.39 is 9.89 Å². The van der Waals surface area contributed by atoms with Gasteiger partial charge in [0.25, 0.3) is 0 Å². The lowest BCUT2D eigenvalue weighted by Crippen LogP contribution is -2.22. The van der Waals surface area contributed by atoms with Gasteiger partial charge in [-0.05, 0) is 12.1 Å². The van der Waals surface area contributed by atoms with Gasteiger partial charge in [-0.15, -0.1) is 0 Å². The van der Waals surface area contributed by atoms with Gasteiger partial charge >= 0.3 is 6.09 Å². The summed E-state index contributed by atoms with van der Waals surface area (Å²) in [5.74, 6) is 0.433. The lowest BCUT2D eigenvalue weighted by atomic mass is 9.92. The molecule has 0 radical (unpaired) electrons. The molecule has 24 heavy (non-hydrogen) atoms. The first-order valence-electron chi connectivity index (χ1n) is 7.08. The molecule has 0 bridgehead atoms. The standard InChI is InChI=1S/C15H17Cl3N4O2/c1-14(2,3)11-7-12(20-13(23)24-9-15(16,17)18)22(21-11)10-5-4-6-19-8-10/h4-8H,9H2,1-3H3,(H,20,23). The summed E-state index contributed by atoms with van der Waals surface area (Å²) in [6.45, 7) is 5.70. The Morgan fingerprint density at radius 1 is 1.33 bits per heavy atom. The van der Waals surface area contributed by atoms with Crippen LogP contribution in [0.25, 0.3) is 5.69 Å². The highest BCUT2D eigenvalue weighted by molar-refractivity contribution is 6.67. The number of hydrogen-bond acceptors (Lipinski definition) is 4. The van der Waals surface area contributed by atoms with E-state index in [-0.39, 0.29) is 12.0 Å². The van der Waals surface area contributed by atoms with E-state index in [2.05, 4.69) is 15.4 Å². The Labute approximate surface area is 155 Å². The van der Waals surface area contributed by atoms with Crippen LogP contribution in [-0.2, 0) is 10.2 Å². The lowest BCUT2D eigenvalue weighted by molar-refractivity contribution is 0.163. The minimum absolute atomic E-state index is 0.203. The average Bonchev–Trinajstić information content (AvgIpc) is 2.89. The predicted octanol–water partition coefficient (Wildman–Crippen LogP) is 4.48. The molecule has 0 aliphatic rings. The van der Waals surface area contributed by atoms with Gasteiger partial charge in [-0.1, -0.05) is 55.6 Å². The molecule has 0 aliphatic heterocycles. The number of anilines is 1. The Kier molecular flexibility index (Phi) is 5.63. The molecule has 0 saturated carbocycles. The van der Waals surface area contributed by atoms with Crippen LogP contribution in [0.3, 0.4) is 0 Å². The van der Waals surface area contributed by atoms with Gasteiger partial charge < -0.3 is 4.74 Å². The summed E-state index contributed by atoms with van der Waals surface area (Å²) in [4.78, 5) is 16.0. The molecule has 0 fully saturated rings. The monoisotopic (exact) mass is 390 g/mol. The molecule has 2 aromatic heterocycles. The van der Waals surface area contributed by atoms with Gasteiger partial charge in [0, 0.05) is 17.7 Å². The van der Waals surface area contributed by atoms with Crippen molar-refractivity contribution in [2.24, 2.45) is 0 Å². The molecule has 6 nitrogen and oxygen atoms in total. The zero-order chi connectivity index (χ0) is 18.0. The highest BCUT2D eigenvalue weighted by Crippen LogP contribution is 2.27. The molecule has 0 saturated heterocycles. The molecule has 130 valence electrons. The molecule has 1 amide bonds. The topological polar surface area (TPSA) is 69.0 Å². The summed E-state index contributed by atoms with van der Waals surface area (Å²) in [6, 6.07) is 5.37. The lowest BCUT2D eigenvalue weighted by Gasteiger charge is -2.14. The number of rotatable bonds is 3. The van der Waals surface area contributed by atoms with Crippen molar-refractivity contribution in [3.8, 4) is 5.69 Å². The van der Waals surface area contributed by atoms with Gasteiger partial charge in [-0.3, -0.25) is 10.3 Å². The number of amides is 1. The van der Waals surface area contributed by atoms with Crippen LogP contribution >= 0.6 is 34.8 Å². The quantitative estimate of drug-likeness (QED) is 0.783. The van der Waals surface area contributed by atoms with Crippen molar-refractivity contribution in [3.63, 3.8) is 0 Å². The third-order valence-electron chi connectivity index (χ3n) is 2.97. The van der Waals surface area contributed by atoms with E-state index in [1.54, 1.807) is 29.2 Å². The number of hydrogen-bond donors (Lipinski definition) is 1. The molecular weight excluding hydrogens is 375 g/mol. The number of nitrogens with zero attached hydrogens (tertiary/aromatic N) is 3. The number of nitrogens with one attached hydrogen (secondary N) is 1. The maximum atomic E-state index is 11.9. The zero-order valence-electron chi connectivity index (χ0n) is 13.4. The maximum absolute atomic E-state index is 11.9. The van der Waals surface area contributed by atoms with E-state index >= 15 is 0 Å². The molecule has 9 heteroatoms. The predicted molar refractivity (Wildman–Crippen MR) is 95.3 cm³/mol. The molecular formula is C15H17Cl3N4O2. The third kappa shape index (κ3) is 5.26. The molecule has 0 spiro atoms. The molecule has 0 aromatic carbocycles. The van der Waals surface area contributed by atoms with Crippen molar-refractivity contribution in [2.75, 3.05) is 11.9 Å². The summed E-state index contributed by atoms with van der Waals surface area (Å²) in [7, 11) is 0. The number of aromatic nitrogens is 3. The summed E-state index contributed by atoms with van der Waals surface area (Å²) < 4.78 is 4.80. The molecule has 2 aromatic rings. The van der Waals surface area contributed by atoms with E-state index in [1.807, 2.05) is 26.8 Å². The van der Waals surface area contributed by atoms with Crippen LogP contribution in [0, 0.1) is 0 Å². The smallest absolute Gasteiger partial charge is 0.412 e. The first-order chi connectivity index (χ1) is 11.1. The van der Waals surface area contributed by atoms with Crippen LogP contribution in [0.4, 0.5) is 10.6 Å². The van der Waals surface area contributed by atoms with E-state index in [9.17, 15) is 4.79 Å². The average molecular weight is 392 g/mol. The van der Waals surface area contributed by atoms with Crippen LogP contribution < -0.4 is 5.32 Å². The van der Waals surface area contributed by atoms with Crippen molar-refractivity contribution >= 4 is 46.7 Å². The van der Waals surface area contributed by atoms with Crippen LogP contribution in [0.1, 0.15) is 26.5 Å². The largest absolute Gasteiger partial charge is 0.445 e. The first-order valence-corrected chi connectivity index (χ1v) is 8.21. The second-order valence-corrected chi connectivity index (χ2v) is 8.62. The van der Waals surface area contributed by atoms with Crippen molar-refractivity contribution in [2.45, 2.75) is 30.0 Å². The Morgan fingerprint density at radius 3 is 2.58 bits per heavy atom. The Balaban J connectivity index is 2.28. The van der Waals surface area contributed by atoms with E-state index in [0.29, 0.717) is 11.5 Å². The number of ether oxygens (including phenoxy) is 1. The van der Waals surface area contributed by atoms with Gasteiger partial charge in [0.15, 0.2) is 0 Å². The fourth-order valence-corrected chi connectivity index (χ4v) is 1.96. The van der Waals surface area contributed by atoms with E-state index in [4.69, 9.17) is 39.5 Å². The number of carbonyl (C=O) groups is 1. The fourth-order valence-electron chi connectivity index (χ4n) is 1.80.